The first kappa shape index (κ1) is 8.07. The van der Waals surface area contributed by atoms with E-state index in [2.05, 4.69) is 21.2 Å². The predicted octanol–water partition coefficient (Wildman–Crippen LogP) is 2.29. The third-order valence-electron chi connectivity index (χ3n) is 1.60. The summed E-state index contributed by atoms with van der Waals surface area (Å²) in [6.45, 7) is 0.436. The molecule has 0 saturated carbocycles. The van der Waals surface area contributed by atoms with E-state index in [-0.39, 0.29) is 12.1 Å². The van der Waals surface area contributed by atoms with Crippen LogP contribution < -0.4 is 5.32 Å². The van der Waals surface area contributed by atoms with Crippen LogP contribution in [0, 0.1) is 0 Å². The van der Waals surface area contributed by atoms with E-state index in [1.165, 1.54) is 0 Å². The number of cyclic esters (lactones) is 1. The molecule has 0 aliphatic carbocycles. The topological polar surface area (TPSA) is 38.3 Å². The lowest BCUT2D eigenvalue weighted by Gasteiger charge is -2.01. The van der Waals surface area contributed by atoms with Crippen molar-refractivity contribution in [2.45, 2.75) is 6.04 Å². The van der Waals surface area contributed by atoms with Crippen molar-refractivity contribution >= 4 is 33.4 Å². The van der Waals surface area contributed by atoms with Crippen LogP contribution in [0.25, 0.3) is 0 Å². The highest BCUT2D eigenvalue weighted by Crippen LogP contribution is 2.27. The molecule has 0 aromatic carbocycles. The van der Waals surface area contributed by atoms with Crippen molar-refractivity contribution < 1.29 is 9.53 Å². The SMILES string of the molecule is O=C1N[C@H](c2cc(Br)cs2)CO1. The van der Waals surface area contributed by atoms with Crippen LogP contribution in [0.1, 0.15) is 10.9 Å². The van der Waals surface area contributed by atoms with Crippen molar-refractivity contribution in [3.8, 4) is 0 Å². The van der Waals surface area contributed by atoms with Crippen molar-refractivity contribution in [2.75, 3.05) is 6.61 Å². The summed E-state index contributed by atoms with van der Waals surface area (Å²) >= 11 is 4.96. The number of thiophene rings is 1. The van der Waals surface area contributed by atoms with Crippen LogP contribution in [-0.2, 0) is 4.74 Å². The Bertz CT molecular complexity index is 312. The van der Waals surface area contributed by atoms with E-state index in [9.17, 15) is 4.79 Å². The minimum Gasteiger partial charge on any atom is -0.447 e. The molecule has 1 N–H and O–H groups in total. The van der Waals surface area contributed by atoms with Gasteiger partial charge in [0.2, 0.25) is 0 Å². The summed E-state index contributed by atoms with van der Waals surface area (Å²) in [5.74, 6) is 0. The fourth-order valence-corrected chi connectivity index (χ4v) is 2.53. The number of carbonyl (C=O) groups is 1. The Morgan fingerprint density at radius 1 is 1.75 bits per heavy atom. The molecule has 64 valence electrons. The van der Waals surface area contributed by atoms with E-state index in [0.29, 0.717) is 6.61 Å². The molecular formula is C7H6BrNO2S. The van der Waals surface area contributed by atoms with Crippen LogP contribution in [0.3, 0.4) is 0 Å². The van der Waals surface area contributed by atoms with Gasteiger partial charge in [-0.2, -0.15) is 0 Å². The lowest BCUT2D eigenvalue weighted by molar-refractivity contribution is 0.177. The van der Waals surface area contributed by atoms with Gasteiger partial charge < -0.3 is 10.1 Å². The molecule has 0 bridgehead atoms. The summed E-state index contributed by atoms with van der Waals surface area (Å²) in [6.07, 6.45) is -0.329. The molecule has 12 heavy (non-hydrogen) atoms. The van der Waals surface area contributed by atoms with Crippen LogP contribution in [-0.4, -0.2) is 12.7 Å². The zero-order valence-corrected chi connectivity index (χ0v) is 8.44. The minimum atomic E-state index is -0.329. The van der Waals surface area contributed by atoms with E-state index in [0.717, 1.165) is 9.35 Å². The van der Waals surface area contributed by atoms with Gasteiger partial charge in [-0.05, 0) is 22.0 Å². The summed E-state index contributed by atoms with van der Waals surface area (Å²) in [7, 11) is 0. The molecule has 5 heteroatoms. The van der Waals surface area contributed by atoms with Gasteiger partial charge in [-0.1, -0.05) is 0 Å². The number of ether oxygens (including phenoxy) is 1. The van der Waals surface area contributed by atoms with Crippen LogP contribution in [0.4, 0.5) is 4.79 Å². The number of amides is 1. The number of nitrogens with one attached hydrogen (secondary N) is 1. The largest absolute Gasteiger partial charge is 0.447 e. The molecule has 0 radical (unpaired) electrons. The van der Waals surface area contributed by atoms with Crippen LogP contribution >= 0.6 is 27.3 Å². The molecule has 1 fully saturated rings. The number of alkyl carbamates (subject to hydrolysis) is 1. The first-order valence-electron chi connectivity index (χ1n) is 3.43. The zero-order valence-electron chi connectivity index (χ0n) is 6.04. The van der Waals surface area contributed by atoms with Crippen LogP contribution in [0.2, 0.25) is 0 Å². The second-order valence-electron chi connectivity index (χ2n) is 2.46. The zero-order chi connectivity index (χ0) is 8.55. The third kappa shape index (κ3) is 1.47. The molecule has 2 heterocycles. The van der Waals surface area contributed by atoms with Gasteiger partial charge >= 0.3 is 6.09 Å². The molecule has 3 nitrogen and oxygen atoms in total. The molecule has 0 unspecified atom stereocenters. The third-order valence-corrected chi connectivity index (χ3v) is 3.41. The number of halogens is 1. The van der Waals surface area contributed by atoms with Crippen molar-refractivity contribution in [1.29, 1.82) is 0 Å². The fourth-order valence-electron chi connectivity index (χ4n) is 1.05. The molecule has 1 aromatic heterocycles. The molecule has 2 rings (SSSR count). The highest BCUT2D eigenvalue weighted by atomic mass is 79.9. The summed E-state index contributed by atoms with van der Waals surface area (Å²) in [5, 5.41) is 4.70. The quantitative estimate of drug-likeness (QED) is 0.828. The summed E-state index contributed by atoms with van der Waals surface area (Å²) in [5.41, 5.74) is 0. The molecule has 0 spiro atoms. The van der Waals surface area contributed by atoms with Crippen molar-refractivity contribution in [3.63, 3.8) is 0 Å². The summed E-state index contributed by atoms with van der Waals surface area (Å²) in [6, 6.07) is 2.03. The molecule has 1 saturated heterocycles. The Labute approximate surface area is 81.9 Å². The Kier molecular flexibility index (Phi) is 2.06. The average Bonchev–Trinajstić information content (AvgIpc) is 2.58. The van der Waals surface area contributed by atoms with Gasteiger partial charge in [-0.25, -0.2) is 4.79 Å². The highest BCUT2D eigenvalue weighted by molar-refractivity contribution is 9.10. The smallest absolute Gasteiger partial charge is 0.407 e. The van der Waals surface area contributed by atoms with Gasteiger partial charge in [-0.15, -0.1) is 11.3 Å². The molecule has 1 aliphatic rings. The maximum atomic E-state index is 10.7. The van der Waals surface area contributed by atoms with Gasteiger partial charge in [0.1, 0.15) is 12.6 Å². The Morgan fingerprint density at radius 2 is 2.58 bits per heavy atom. The predicted molar refractivity (Wildman–Crippen MR) is 49.2 cm³/mol. The first-order valence-corrected chi connectivity index (χ1v) is 5.10. The van der Waals surface area contributed by atoms with Gasteiger partial charge in [0.05, 0.1) is 0 Å². The molecule has 1 aromatic rings. The Hall–Kier alpha value is -0.550. The van der Waals surface area contributed by atoms with Crippen LogP contribution in [0.15, 0.2) is 15.9 Å². The normalized spacial score (nSPS) is 22.1. The number of carbonyl (C=O) groups excluding carboxylic acids is 1. The van der Waals surface area contributed by atoms with Gasteiger partial charge in [0.15, 0.2) is 0 Å². The van der Waals surface area contributed by atoms with Crippen LogP contribution in [0.5, 0.6) is 0 Å². The number of rotatable bonds is 1. The number of hydrogen-bond acceptors (Lipinski definition) is 3. The Balaban J connectivity index is 2.15. The van der Waals surface area contributed by atoms with Crippen molar-refractivity contribution in [1.82, 2.24) is 5.32 Å². The summed E-state index contributed by atoms with van der Waals surface area (Å²) in [4.78, 5) is 11.8. The van der Waals surface area contributed by atoms with E-state index >= 15 is 0 Å². The first-order chi connectivity index (χ1) is 5.75. The standard InChI is InChI=1S/C7H6BrNO2S/c8-4-1-6(12-3-4)5-2-11-7(10)9-5/h1,3,5H,2H2,(H,9,10)/t5-/m0/s1. The monoisotopic (exact) mass is 247 g/mol. The van der Waals surface area contributed by atoms with Crippen molar-refractivity contribution in [2.24, 2.45) is 0 Å². The van der Waals surface area contributed by atoms with Gasteiger partial charge in [-0.3, -0.25) is 0 Å². The Morgan fingerprint density at radius 3 is 3.08 bits per heavy atom. The number of hydrogen-bond donors (Lipinski definition) is 1. The maximum Gasteiger partial charge on any atom is 0.407 e. The van der Waals surface area contributed by atoms with E-state index in [4.69, 9.17) is 4.74 Å². The second-order valence-corrected chi connectivity index (χ2v) is 4.32. The fraction of sp³-hybridized carbons (Fsp3) is 0.286. The summed E-state index contributed by atoms with van der Waals surface area (Å²) < 4.78 is 5.82. The highest BCUT2D eigenvalue weighted by Gasteiger charge is 2.24. The second kappa shape index (κ2) is 3.06. The van der Waals surface area contributed by atoms with Gasteiger partial charge in [0, 0.05) is 14.7 Å². The minimum absolute atomic E-state index is 0.0359. The van der Waals surface area contributed by atoms with Gasteiger partial charge in [0.25, 0.3) is 0 Å². The lowest BCUT2D eigenvalue weighted by atomic mass is 10.3. The average molecular weight is 248 g/mol. The molecule has 1 aliphatic heterocycles. The molecule has 1 amide bonds. The molecule has 1 atom stereocenters. The van der Waals surface area contributed by atoms with E-state index in [1.54, 1.807) is 11.3 Å². The van der Waals surface area contributed by atoms with E-state index in [1.807, 2.05) is 11.4 Å². The maximum absolute atomic E-state index is 10.7. The molecular weight excluding hydrogens is 242 g/mol. The lowest BCUT2D eigenvalue weighted by Crippen LogP contribution is -2.17. The van der Waals surface area contributed by atoms with E-state index < -0.39 is 0 Å². The van der Waals surface area contributed by atoms with Crippen molar-refractivity contribution in [3.05, 3.63) is 20.8 Å².